The Bertz CT molecular complexity index is 146. The number of rotatable bonds is 4. The average molecular weight is 236 g/mol. The third-order valence-corrected chi connectivity index (χ3v) is 1.44. The molecule has 0 aromatic carbocycles. The Labute approximate surface area is 85.5 Å². The monoisotopic (exact) mass is 234 g/mol. The van der Waals surface area contributed by atoms with Crippen LogP contribution < -0.4 is 0 Å². The molecule has 0 bridgehead atoms. The van der Waals surface area contributed by atoms with Gasteiger partial charge in [0.1, 0.15) is 0 Å². The molecule has 0 amide bonds. The largest absolute Gasteiger partial charge is 0.434 e. The van der Waals surface area contributed by atoms with Gasteiger partial charge in [0.25, 0.3) is 0 Å². The second kappa shape index (κ2) is 7.11. The Morgan fingerprint density at radius 1 is 1.00 bits per heavy atom. The summed E-state index contributed by atoms with van der Waals surface area (Å²) >= 11 is 21.7. The molecule has 11 heavy (non-hydrogen) atoms. The molecule has 0 aliphatic carbocycles. The first kappa shape index (κ1) is 11.4. The van der Waals surface area contributed by atoms with E-state index in [2.05, 4.69) is 0 Å². The molecule has 0 N–H and O–H groups in total. The fourth-order valence-corrected chi connectivity index (χ4v) is 1.10. The Hall–Kier alpha value is 0.440. The van der Waals surface area contributed by atoms with Crippen LogP contribution in [0.5, 0.6) is 0 Å². The van der Waals surface area contributed by atoms with Crippen molar-refractivity contribution in [1.29, 1.82) is 0 Å². The fourth-order valence-electron chi connectivity index (χ4n) is 0.298. The maximum absolute atomic E-state index is 5.50. The highest BCUT2D eigenvalue weighted by atomic mass is 35.5. The highest BCUT2D eigenvalue weighted by molar-refractivity contribution is 6.32. The predicted molar refractivity (Wildman–Crippen MR) is 50.4 cm³/mol. The SMILES string of the molecule is ClCC=C(Cl)OC(Cl)=CCCl. The van der Waals surface area contributed by atoms with Gasteiger partial charge in [-0.3, -0.25) is 0 Å². The van der Waals surface area contributed by atoms with Crippen molar-refractivity contribution >= 4 is 46.4 Å². The molecule has 0 spiro atoms. The second-order valence-corrected chi connectivity index (χ2v) is 2.79. The summed E-state index contributed by atoms with van der Waals surface area (Å²) in [5, 5.41) is 0.290. The van der Waals surface area contributed by atoms with Crippen molar-refractivity contribution in [2.45, 2.75) is 0 Å². The number of allylic oxidation sites excluding steroid dienone is 2. The number of ether oxygens (including phenoxy) is 1. The third kappa shape index (κ3) is 6.82. The first-order valence-electron chi connectivity index (χ1n) is 2.71. The quantitative estimate of drug-likeness (QED) is 0.534. The summed E-state index contributed by atoms with van der Waals surface area (Å²) in [6, 6.07) is 0. The van der Waals surface area contributed by atoms with Crippen LogP contribution >= 0.6 is 46.4 Å². The Kier molecular flexibility index (Phi) is 7.39. The van der Waals surface area contributed by atoms with Crippen LogP contribution in [0.25, 0.3) is 0 Å². The van der Waals surface area contributed by atoms with Gasteiger partial charge in [0.05, 0.1) is 0 Å². The van der Waals surface area contributed by atoms with Gasteiger partial charge < -0.3 is 4.74 Å². The fraction of sp³-hybridized carbons (Fsp3) is 0.333. The molecule has 0 rings (SSSR count). The van der Waals surface area contributed by atoms with Crippen molar-refractivity contribution in [3.8, 4) is 0 Å². The van der Waals surface area contributed by atoms with Crippen molar-refractivity contribution in [2.75, 3.05) is 11.8 Å². The molecule has 0 fully saturated rings. The number of alkyl halides is 2. The molecule has 0 saturated carbocycles. The van der Waals surface area contributed by atoms with E-state index in [1.54, 1.807) is 0 Å². The van der Waals surface area contributed by atoms with E-state index in [1.165, 1.54) is 12.2 Å². The van der Waals surface area contributed by atoms with E-state index < -0.39 is 0 Å². The minimum absolute atomic E-state index is 0.145. The van der Waals surface area contributed by atoms with E-state index in [4.69, 9.17) is 51.1 Å². The zero-order valence-corrected chi connectivity index (χ0v) is 8.51. The lowest BCUT2D eigenvalue weighted by Gasteiger charge is -1.99. The maximum atomic E-state index is 5.50. The summed E-state index contributed by atoms with van der Waals surface area (Å²) in [4.78, 5) is 0. The molecule has 5 heteroatoms. The van der Waals surface area contributed by atoms with Crippen LogP contribution in [0.4, 0.5) is 0 Å². The molecule has 0 radical (unpaired) electrons. The highest BCUT2D eigenvalue weighted by Gasteiger charge is 1.95. The lowest BCUT2D eigenvalue weighted by atomic mass is 10.7. The maximum Gasteiger partial charge on any atom is 0.192 e. The zero-order chi connectivity index (χ0) is 8.69. The molecule has 64 valence electrons. The topological polar surface area (TPSA) is 9.23 Å². The molecule has 0 unspecified atom stereocenters. The number of hydrogen-bond acceptors (Lipinski definition) is 1. The summed E-state index contributed by atoms with van der Waals surface area (Å²) < 4.78 is 4.82. The van der Waals surface area contributed by atoms with Gasteiger partial charge in [-0.05, 0) is 35.4 Å². The standard InChI is InChI=1S/C6H6Cl4O/c7-3-1-5(9)11-6(10)2-4-8/h1-2H,3-4H2. The van der Waals surface area contributed by atoms with Gasteiger partial charge in [-0.25, -0.2) is 0 Å². The summed E-state index contributed by atoms with van der Waals surface area (Å²) in [6.45, 7) is 0. The van der Waals surface area contributed by atoms with Crippen molar-refractivity contribution < 1.29 is 4.74 Å². The summed E-state index contributed by atoms with van der Waals surface area (Å²) in [6.07, 6.45) is 2.96. The molecule has 0 saturated heterocycles. The van der Waals surface area contributed by atoms with E-state index in [9.17, 15) is 0 Å². The predicted octanol–water partition coefficient (Wildman–Crippen LogP) is 3.64. The highest BCUT2D eigenvalue weighted by Crippen LogP contribution is 2.13. The van der Waals surface area contributed by atoms with E-state index >= 15 is 0 Å². The van der Waals surface area contributed by atoms with Crippen LogP contribution in [0.2, 0.25) is 0 Å². The molecule has 1 nitrogen and oxygen atoms in total. The molecule has 0 atom stereocenters. The van der Waals surface area contributed by atoms with Crippen LogP contribution in [-0.2, 0) is 4.74 Å². The molecular formula is C6H6Cl4O. The minimum atomic E-state index is 0.145. The third-order valence-electron chi connectivity index (χ3n) is 0.670. The van der Waals surface area contributed by atoms with Crippen molar-refractivity contribution in [3.63, 3.8) is 0 Å². The molecule has 0 aromatic rings. The van der Waals surface area contributed by atoms with Crippen LogP contribution in [-0.4, -0.2) is 11.8 Å². The molecule has 0 aliphatic heterocycles. The second-order valence-electron chi connectivity index (χ2n) is 1.43. The van der Waals surface area contributed by atoms with Crippen LogP contribution in [0.15, 0.2) is 22.6 Å². The van der Waals surface area contributed by atoms with Gasteiger partial charge in [-0.1, -0.05) is 0 Å². The van der Waals surface area contributed by atoms with Gasteiger partial charge in [0, 0.05) is 11.8 Å². The van der Waals surface area contributed by atoms with Gasteiger partial charge >= 0.3 is 0 Å². The Morgan fingerprint density at radius 3 is 1.64 bits per heavy atom. The van der Waals surface area contributed by atoms with E-state index in [1.807, 2.05) is 0 Å². The van der Waals surface area contributed by atoms with Crippen LogP contribution in [0.3, 0.4) is 0 Å². The Morgan fingerprint density at radius 2 is 1.36 bits per heavy atom. The van der Waals surface area contributed by atoms with Crippen LogP contribution in [0, 0.1) is 0 Å². The molecular weight excluding hydrogens is 230 g/mol. The van der Waals surface area contributed by atoms with Crippen molar-refractivity contribution in [1.82, 2.24) is 0 Å². The normalized spacial score (nSPS) is 13.5. The van der Waals surface area contributed by atoms with Gasteiger partial charge in [-0.2, -0.15) is 0 Å². The first-order valence-corrected chi connectivity index (χ1v) is 4.54. The summed E-state index contributed by atoms with van der Waals surface area (Å²) in [5.41, 5.74) is 0. The van der Waals surface area contributed by atoms with Gasteiger partial charge in [-0.15, -0.1) is 23.2 Å². The zero-order valence-electron chi connectivity index (χ0n) is 5.49. The van der Waals surface area contributed by atoms with E-state index in [0.717, 1.165) is 0 Å². The van der Waals surface area contributed by atoms with E-state index in [0.29, 0.717) is 0 Å². The van der Waals surface area contributed by atoms with Gasteiger partial charge in [0.15, 0.2) is 10.4 Å². The summed E-state index contributed by atoms with van der Waals surface area (Å²) in [5.74, 6) is 0.563. The molecule has 0 aromatic heterocycles. The minimum Gasteiger partial charge on any atom is -0.434 e. The lowest BCUT2D eigenvalue weighted by molar-refractivity contribution is 0.366. The smallest absolute Gasteiger partial charge is 0.192 e. The molecule has 0 aliphatic rings. The van der Waals surface area contributed by atoms with Crippen molar-refractivity contribution in [3.05, 3.63) is 22.6 Å². The molecule has 0 heterocycles. The van der Waals surface area contributed by atoms with E-state index in [-0.39, 0.29) is 22.2 Å². The van der Waals surface area contributed by atoms with Crippen LogP contribution in [0.1, 0.15) is 0 Å². The Balaban J connectivity index is 3.84. The summed E-state index contributed by atoms with van der Waals surface area (Å²) in [7, 11) is 0. The number of halogens is 4. The van der Waals surface area contributed by atoms with Crippen molar-refractivity contribution in [2.24, 2.45) is 0 Å². The van der Waals surface area contributed by atoms with Gasteiger partial charge in [0.2, 0.25) is 0 Å². The number of hydrogen-bond donors (Lipinski definition) is 0. The first-order chi connectivity index (χ1) is 5.20. The average Bonchev–Trinajstić information content (AvgIpc) is 1.87. The lowest BCUT2D eigenvalue weighted by Crippen LogP contribution is -1.82.